The van der Waals surface area contributed by atoms with Gasteiger partial charge in [-0.2, -0.15) is 5.26 Å². The quantitative estimate of drug-likeness (QED) is 0.488. The third-order valence-corrected chi connectivity index (χ3v) is 3.93. The molecule has 0 fully saturated rings. The second kappa shape index (κ2) is 5.65. The summed E-state index contributed by atoms with van der Waals surface area (Å²) in [5, 5.41) is 28.2. The lowest BCUT2D eigenvalue weighted by atomic mass is 10.0. The summed E-state index contributed by atoms with van der Waals surface area (Å²) < 4.78 is 0. The number of fused-ring (bicyclic) bond motifs is 1. The fourth-order valence-corrected chi connectivity index (χ4v) is 2.69. The van der Waals surface area contributed by atoms with E-state index in [0.29, 0.717) is 22.4 Å². The second-order valence-electron chi connectivity index (χ2n) is 5.53. The third-order valence-electron chi connectivity index (χ3n) is 3.93. The number of hydrogen-bond acceptors (Lipinski definition) is 5. The number of nitriles is 1. The van der Waals surface area contributed by atoms with Crippen molar-refractivity contribution in [1.82, 2.24) is 15.0 Å². The number of rotatable bonds is 2. The molecule has 0 aliphatic rings. The fourth-order valence-electron chi connectivity index (χ4n) is 2.69. The van der Waals surface area contributed by atoms with Gasteiger partial charge in [0.25, 0.3) is 0 Å². The number of phenols is 2. The van der Waals surface area contributed by atoms with Gasteiger partial charge in [0.05, 0.1) is 28.4 Å². The largest absolute Gasteiger partial charge is 0.504 e. The van der Waals surface area contributed by atoms with E-state index >= 15 is 0 Å². The molecule has 4 aromatic rings. The molecule has 2 aromatic carbocycles. The molecule has 0 aliphatic carbocycles. The van der Waals surface area contributed by atoms with Gasteiger partial charge in [0, 0.05) is 29.5 Å². The van der Waals surface area contributed by atoms with E-state index in [-0.39, 0.29) is 11.5 Å². The van der Waals surface area contributed by atoms with Gasteiger partial charge in [-0.15, -0.1) is 0 Å². The van der Waals surface area contributed by atoms with Crippen molar-refractivity contribution in [3.8, 4) is 40.2 Å². The molecule has 0 saturated heterocycles. The van der Waals surface area contributed by atoms with Crippen molar-refractivity contribution in [1.29, 1.82) is 5.26 Å². The van der Waals surface area contributed by atoms with Gasteiger partial charge in [-0.3, -0.25) is 4.98 Å². The summed E-state index contributed by atoms with van der Waals surface area (Å²) in [5.74, 6) is 0.151. The molecule has 0 saturated carbocycles. The molecule has 0 unspecified atom stereocenters. The van der Waals surface area contributed by atoms with Crippen LogP contribution in [0.4, 0.5) is 0 Å². The number of H-pyrrole nitrogens is 1. The molecule has 0 spiro atoms. The first kappa shape index (κ1) is 14.7. The summed E-state index contributed by atoms with van der Waals surface area (Å²) in [6.45, 7) is 0. The highest BCUT2D eigenvalue weighted by atomic mass is 16.3. The third kappa shape index (κ3) is 2.54. The van der Waals surface area contributed by atoms with E-state index in [4.69, 9.17) is 5.26 Å². The van der Waals surface area contributed by atoms with Crippen LogP contribution in [0.25, 0.3) is 33.7 Å². The molecule has 2 heterocycles. The Morgan fingerprint density at radius 2 is 1.76 bits per heavy atom. The first-order chi connectivity index (χ1) is 12.2. The van der Waals surface area contributed by atoms with Crippen LogP contribution in [-0.2, 0) is 0 Å². The number of phenolic OH excluding ortho intramolecular Hbond substituents is 2. The number of hydrogen-bond donors (Lipinski definition) is 3. The maximum absolute atomic E-state index is 9.64. The van der Waals surface area contributed by atoms with Crippen molar-refractivity contribution in [2.75, 3.05) is 0 Å². The lowest BCUT2D eigenvalue weighted by Crippen LogP contribution is -1.90. The number of nitrogens with one attached hydrogen (secondary N) is 1. The Labute approximate surface area is 142 Å². The lowest BCUT2D eigenvalue weighted by molar-refractivity contribution is 0.405. The van der Waals surface area contributed by atoms with Crippen LogP contribution in [0.5, 0.6) is 11.5 Å². The number of imidazole rings is 1. The minimum absolute atomic E-state index is 0.207. The van der Waals surface area contributed by atoms with Crippen LogP contribution < -0.4 is 0 Å². The van der Waals surface area contributed by atoms with Crippen molar-refractivity contribution in [2.45, 2.75) is 0 Å². The average Bonchev–Trinajstić information content (AvgIpc) is 3.05. The van der Waals surface area contributed by atoms with E-state index in [1.54, 1.807) is 18.3 Å². The highest BCUT2D eigenvalue weighted by molar-refractivity contribution is 5.86. The van der Waals surface area contributed by atoms with E-state index in [0.717, 1.165) is 16.8 Å². The molecule has 0 radical (unpaired) electrons. The molecule has 3 N–H and O–H groups in total. The van der Waals surface area contributed by atoms with Gasteiger partial charge in [-0.1, -0.05) is 12.1 Å². The van der Waals surface area contributed by atoms with E-state index < -0.39 is 0 Å². The molecule has 2 aromatic heterocycles. The standard InChI is InChI=1S/C19H12N4O2/c20-10-11-3-5-12(6-4-11)18-13(2-1-7-21-18)19-22-14-8-16(24)17(25)9-15(14)23-19/h1-9,24-25H,(H,22,23). The Morgan fingerprint density at radius 3 is 2.52 bits per heavy atom. The molecule has 120 valence electrons. The smallest absolute Gasteiger partial charge is 0.159 e. The molecule has 0 bridgehead atoms. The zero-order valence-corrected chi connectivity index (χ0v) is 12.9. The Hall–Kier alpha value is -3.85. The van der Waals surface area contributed by atoms with E-state index in [9.17, 15) is 10.2 Å². The molecule has 0 amide bonds. The van der Waals surface area contributed by atoms with Crippen molar-refractivity contribution < 1.29 is 10.2 Å². The highest BCUT2D eigenvalue weighted by Crippen LogP contribution is 2.33. The maximum atomic E-state index is 9.64. The number of benzene rings is 2. The SMILES string of the molecule is N#Cc1ccc(-c2ncccc2-c2nc3cc(O)c(O)cc3[nH]2)cc1. The highest BCUT2D eigenvalue weighted by Gasteiger charge is 2.14. The van der Waals surface area contributed by atoms with Crippen molar-refractivity contribution >= 4 is 11.0 Å². The summed E-state index contributed by atoms with van der Waals surface area (Å²) in [6, 6.07) is 15.8. The van der Waals surface area contributed by atoms with Gasteiger partial charge < -0.3 is 15.2 Å². The minimum Gasteiger partial charge on any atom is -0.504 e. The molecule has 6 heteroatoms. The topological polar surface area (TPSA) is 106 Å². The number of aromatic hydroxyl groups is 2. The van der Waals surface area contributed by atoms with Gasteiger partial charge in [0.15, 0.2) is 11.5 Å². The molecule has 25 heavy (non-hydrogen) atoms. The zero-order valence-electron chi connectivity index (χ0n) is 12.9. The van der Waals surface area contributed by atoms with Crippen molar-refractivity contribution in [3.63, 3.8) is 0 Å². The summed E-state index contributed by atoms with van der Waals surface area (Å²) >= 11 is 0. The van der Waals surface area contributed by atoms with Crippen LogP contribution in [0.3, 0.4) is 0 Å². The Bertz CT molecular complexity index is 1090. The van der Waals surface area contributed by atoms with Crippen LogP contribution in [0.2, 0.25) is 0 Å². The number of aromatic amines is 1. The molecule has 6 nitrogen and oxygen atoms in total. The molecular weight excluding hydrogens is 316 g/mol. The van der Waals surface area contributed by atoms with E-state index in [2.05, 4.69) is 21.0 Å². The number of aromatic nitrogens is 3. The number of nitrogens with zero attached hydrogens (tertiary/aromatic N) is 3. The summed E-state index contributed by atoms with van der Waals surface area (Å²) in [7, 11) is 0. The summed E-state index contributed by atoms with van der Waals surface area (Å²) in [4.78, 5) is 12.1. The Kier molecular flexibility index (Phi) is 3.33. The predicted octanol–water partition coefficient (Wildman–Crippen LogP) is 3.57. The predicted molar refractivity (Wildman–Crippen MR) is 92.8 cm³/mol. The Morgan fingerprint density at radius 1 is 1.00 bits per heavy atom. The van der Waals surface area contributed by atoms with E-state index in [1.807, 2.05) is 24.3 Å². The van der Waals surface area contributed by atoms with Crippen LogP contribution >= 0.6 is 0 Å². The van der Waals surface area contributed by atoms with Gasteiger partial charge in [-0.05, 0) is 24.3 Å². The normalized spacial score (nSPS) is 10.7. The molecule has 0 aliphatic heterocycles. The van der Waals surface area contributed by atoms with Crippen molar-refractivity contribution in [3.05, 3.63) is 60.3 Å². The van der Waals surface area contributed by atoms with Gasteiger partial charge >= 0.3 is 0 Å². The van der Waals surface area contributed by atoms with Crippen LogP contribution in [-0.4, -0.2) is 25.2 Å². The second-order valence-corrected chi connectivity index (χ2v) is 5.53. The van der Waals surface area contributed by atoms with Crippen LogP contribution in [0.15, 0.2) is 54.7 Å². The lowest BCUT2D eigenvalue weighted by Gasteiger charge is -2.06. The summed E-state index contributed by atoms with van der Waals surface area (Å²) in [5.41, 5.74) is 4.10. The first-order valence-corrected chi connectivity index (χ1v) is 7.53. The Balaban J connectivity index is 1.87. The molecule has 4 rings (SSSR count). The number of pyridine rings is 1. The minimum atomic E-state index is -0.218. The zero-order chi connectivity index (χ0) is 17.4. The molecular formula is C19H12N4O2. The average molecular weight is 328 g/mol. The monoisotopic (exact) mass is 328 g/mol. The van der Waals surface area contributed by atoms with Crippen LogP contribution in [0.1, 0.15) is 5.56 Å². The molecule has 0 atom stereocenters. The summed E-state index contributed by atoms with van der Waals surface area (Å²) in [6.07, 6.45) is 1.69. The van der Waals surface area contributed by atoms with Gasteiger partial charge in [0.2, 0.25) is 0 Å². The fraction of sp³-hybridized carbons (Fsp3) is 0. The van der Waals surface area contributed by atoms with Crippen molar-refractivity contribution in [2.24, 2.45) is 0 Å². The first-order valence-electron chi connectivity index (χ1n) is 7.53. The maximum Gasteiger partial charge on any atom is 0.159 e. The van der Waals surface area contributed by atoms with E-state index in [1.165, 1.54) is 12.1 Å². The van der Waals surface area contributed by atoms with Gasteiger partial charge in [0.1, 0.15) is 5.82 Å². The van der Waals surface area contributed by atoms with Gasteiger partial charge in [-0.25, -0.2) is 4.98 Å². The van der Waals surface area contributed by atoms with Crippen LogP contribution in [0, 0.1) is 11.3 Å².